The summed E-state index contributed by atoms with van der Waals surface area (Å²) < 4.78 is 10.7. The van der Waals surface area contributed by atoms with E-state index in [-0.39, 0.29) is 5.56 Å². The van der Waals surface area contributed by atoms with Crippen molar-refractivity contribution in [3.63, 3.8) is 0 Å². The van der Waals surface area contributed by atoms with Crippen molar-refractivity contribution in [2.75, 3.05) is 20.8 Å². The average molecular weight is 522 g/mol. The maximum atomic E-state index is 13.0. The van der Waals surface area contributed by atoms with Crippen LogP contribution in [0.15, 0.2) is 58.7 Å². The largest absolute Gasteiger partial charge is 0.493 e. The van der Waals surface area contributed by atoms with Crippen molar-refractivity contribution >= 4 is 39.6 Å². The molecule has 0 bridgehead atoms. The van der Waals surface area contributed by atoms with E-state index in [2.05, 4.69) is 39.6 Å². The van der Waals surface area contributed by atoms with E-state index in [0.717, 1.165) is 34.0 Å². The lowest BCUT2D eigenvalue weighted by atomic mass is 10.0. The van der Waals surface area contributed by atoms with Gasteiger partial charge in [-0.1, -0.05) is 18.2 Å². The van der Waals surface area contributed by atoms with Gasteiger partial charge in [0, 0.05) is 27.9 Å². The number of pyridine rings is 1. The molecule has 0 unspecified atom stereocenters. The van der Waals surface area contributed by atoms with E-state index in [9.17, 15) is 4.79 Å². The zero-order valence-electron chi connectivity index (χ0n) is 21.0. The van der Waals surface area contributed by atoms with E-state index in [1.54, 1.807) is 25.6 Å². The van der Waals surface area contributed by atoms with Crippen molar-refractivity contribution < 1.29 is 9.47 Å². The lowest BCUT2D eigenvalue weighted by molar-refractivity contribution is 0.354. The summed E-state index contributed by atoms with van der Waals surface area (Å²) in [7, 11) is 3.26. The molecule has 0 aliphatic heterocycles. The molecule has 0 saturated heterocycles. The number of hydrogen-bond acceptors (Lipinski definition) is 5. The molecule has 2 aromatic heterocycles. The number of thiocarbonyl (C=S) groups is 1. The van der Waals surface area contributed by atoms with Crippen molar-refractivity contribution in [2.24, 2.45) is 0 Å². The Morgan fingerprint density at radius 1 is 1.06 bits per heavy atom. The number of thiophene rings is 1. The van der Waals surface area contributed by atoms with Gasteiger partial charge in [0.2, 0.25) is 0 Å². The Morgan fingerprint density at radius 2 is 1.86 bits per heavy atom. The molecule has 0 atom stereocenters. The molecule has 4 aromatic rings. The molecule has 2 heterocycles. The van der Waals surface area contributed by atoms with Crippen molar-refractivity contribution in [3.8, 4) is 11.5 Å². The third-order valence-corrected chi connectivity index (χ3v) is 7.37. The molecule has 6 nitrogen and oxygen atoms in total. The number of aryl methyl sites for hydroxylation is 2. The van der Waals surface area contributed by atoms with Crippen molar-refractivity contribution in [1.29, 1.82) is 0 Å². The number of fused-ring (bicyclic) bond motifs is 1. The van der Waals surface area contributed by atoms with Crippen LogP contribution in [0.25, 0.3) is 10.9 Å². The molecule has 2 aromatic carbocycles. The Labute approximate surface area is 220 Å². The van der Waals surface area contributed by atoms with Gasteiger partial charge in [-0.15, -0.1) is 11.3 Å². The second-order valence-corrected chi connectivity index (χ2v) is 10.2. The first-order valence-electron chi connectivity index (χ1n) is 11.8. The molecule has 4 rings (SSSR count). The highest BCUT2D eigenvalue weighted by molar-refractivity contribution is 7.80. The standard InChI is InChI=1S/C28H31N3O3S2/c1-18-12-19(2)23-15-21(27(32)30-24(23)13-18)16-31(17-22-6-5-11-36-22)28(35)29-10-9-20-7-8-25(33-3)26(14-20)34-4/h5-8,11-15H,9-10,16-17H2,1-4H3,(H,29,35)(H,30,32). The summed E-state index contributed by atoms with van der Waals surface area (Å²) in [6.07, 6.45) is 0.766. The summed E-state index contributed by atoms with van der Waals surface area (Å²) in [5.74, 6) is 1.41. The van der Waals surface area contributed by atoms with Crippen molar-refractivity contribution in [3.05, 3.63) is 91.4 Å². The van der Waals surface area contributed by atoms with Gasteiger partial charge in [0.1, 0.15) is 0 Å². The van der Waals surface area contributed by atoms with Gasteiger partial charge < -0.3 is 24.7 Å². The van der Waals surface area contributed by atoms with Crippen LogP contribution in [0.5, 0.6) is 11.5 Å². The highest BCUT2D eigenvalue weighted by atomic mass is 32.1. The number of hydrogen-bond donors (Lipinski definition) is 2. The smallest absolute Gasteiger partial charge is 0.253 e. The summed E-state index contributed by atoms with van der Waals surface area (Å²) in [5.41, 5.74) is 4.85. The molecule has 0 aliphatic carbocycles. The predicted molar refractivity (Wildman–Crippen MR) is 151 cm³/mol. The van der Waals surface area contributed by atoms with Crippen LogP contribution in [-0.4, -0.2) is 35.8 Å². The number of ether oxygens (including phenoxy) is 2. The number of aromatic amines is 1. The minimum atomic E-state index is -0.0863. The second-order valence-electron chi connectivity index (χ2n) is 8.77. The highest BCUT2D eigenvalue weighted by Gasteiger charge is 2.15. The number of rotatable bonds is 9. The van der Waals surface area contributed by atoms with Crippen molar-refractivity contribution in [1.82, 2.24) is 15.2 Å². The van der Waals surface area contributed by atoms with Crippen LogP contribution in [0.1, 0.15) is 27.1 Å². The molecule has 0 fully saturated rings. The van der Waals surface area contributed by atoms with Gasteiger partial charge in [-0.25, -0.2) is 0 Å². The zero-order valence-corrected chi connectivity index (χ0v) is 22.6. The van der Waals surface area contributed by atoms with Gasteiger partial charge in [0.05, 0.1) is 27.3 Å². The fourth-order valence-electron chi connectivity index (χ4n) is 4.29. The highest BCUT2D eigenvalue weighted by Crippen LogP contribution is 2.27. The second kappa shape index (κ2) is 11.6. The van der Waals surface area contributed by atoms with Crippen LogP contribution in [-0.2, 0) is 19.5 Å². The van der Waals surface area contributed by atoms with E-state index in [4.69, 9.17) is 21.7 Å². The molecule has 0 saturated carbocycles. The molecule has 0 radical (unpaired) electrons. The van der Waals surface area contributed by atoms with Gasteiger partial charge in [-0.05, 0) is 84.9 Å². The maximum Gasteiger partial charge on any atom is 0.253 e. The topological polar surface area (TPSA) is 66.6 Å². The van der Waals surface area contributed by atoms with E-state index in [1.165, 1.54) is 4.88 Å². The predicted octanol–water partition coefficient (Wildman–Crippen LogP) is 5.34. The Kier molecular flexibility index (Phi) is 8.28. The average Bonchev–Trinajstić information content (AvgIpc) is 3.37. The molecule has 188 valence electrons. The number of nitrogens with one attached hydrogen (secondary N) is 2. The van der Waals surface area contributed by atoms with Gasteiger partial charge in [-0.2, -0.15) is 0 Å². The van der Waals surface area contributed by atoms with Gasteiger partial charge in [0.25, 0.3) is 5.56 Å². The summed E-state index contributed by atoms with van der Waals surface area (Å²) in [6, 6.07) is 16.2. The van der Waals surface area contributed by atoms with Gasteiger partial charge >= 0.3 is 0 Å². The van der Waals surface area contributed by atoms with Crippen LogP contribution in [0.3, 0.4) is 0 Å². The molecular weight excluding hydrogens is 490 g/mol. The number of H-pyrrole nitrogens is 1. The number of nitrogens with zero attached hydrogens (tertiary/aromatic N) is 1. The molecule has 0 spiro atoms. The Bertz CT molecular complexity index is 1410. The normalized spacial score (nSPS) is 10.9. The maximum absolute atomic E-state index is 13.0. The fourth-order valence-corrected chi connectivity index (χ4v) is 5.24. The van der Waals surface area contributed by atoms with Crippen LogP contribution >= 0.6 is 23.6 Å². The third kappa shape index (κ3) is 6.06. The van der Waals surface area contributed by atoms with Gasteiger partial charge in [-0.3, -0.25) is 4.79 Å². The van der Waals surface area contributed by atoms with Crippen molar-refractivity contribution in [2.45, 2.75) is 33.4 Å². The lowest BCUT2D eigenvalue weighted by Gasteiger charge is -2.25. The minimum absolute atomic E-state index is 0.0863. The first kappa shape index (κ1) is 25.7. The number of methoxy groups -OCH3 is 2. The third-order valence-electron chi connectivity index (χ3n) is 6.10. The summed E-state index contributed by atoms with van der Waals surface area (Å²) in [5, 5.41) is 7.10. The monoisotopic (exact) mass is 521 g/mol. The summed E-state index contributed by atoms with van der Waals surface area (Å²) >= 11 is 7.47. The summed E-state index contributed by atoms with van der Waals surface area (Å²) in [6.45, 7) is 5.80. The molecule has 2 N–H and O–H groups in total. The molecule has 36 heavy (non-hydrogen) atoms. The SMILES string of the molecule is COc1ccc(CCNC(=S)N(Cc2cccs2)Cc2cc3c(C)cc(C)cc3[nH]c2=O)cc1OC. The molecule has 8 heteroatoms. The number of aromatic nitrogens is 1. The van der Waals surface area contributed by atoms with E-state index in [1.807, 2.05) is 43.3 Å². The van der Waals surface area contributed by atoms with Crippen LogP contribution in [0, 0.1) is 13.8 Å². The summed E-state index contributed by atoms with van der Waals surface area (Å²) in [4.78, 5) is 19.3. The van der Waals surface area contributed by atoms with Crippen LogP contribution in [0.4, 0.5) is 0 Å². The first-order valence-corrected chi connectivity index (χ1v) is 13.1. The lowest BCUT2D eigenvalue weighted by Crippen LogP contribution is -2.40. The quantitative estimate of drug-likeness (QED) is 0.290. The van der Waals surface area contributed by atoms with E-state index >= 15 is 0 Å². The van der Waals surface area contributed by atoms with Crippen LogP contribution in [0.2, 0.25) is 0 Å². The Hall–Kier alpha value is -3.36. The van der Waals surface area contributed by atoms with Crippen LogP contribution < -0.4 is 20.3 Å². The molecule has 0 amide bonds. The zero-order chi connectivity index (χ0) is 25.7. The molecular formula is C28H31N3O3S2. The molecule has 0 aliphatic rings. The van der Waals surface area contributed by atoms with E-state index in [0.29, 0.717) is 41.8 Å². The van der Waals surface area contributed by atoms with Gasteiger partial charge in [0.15, 0.2) is 16.6 Å². The minimum Gasteiger partial charge on any atom is -0.493 e. The number of benzene rings is 2. The first-order chi connectivity index (χ1) is 17.4. The Morgan fingerprint density at radius 3 is 2.58 bits per heavy atom. The van der Waals surface area contributed by atoms with E-state index < -0.39 is 0 Å². The fraction of sp³-hybridized carbons (Fsp3) is 0.286. The Balaban J connectivity index is 1.51.